The van der Waals surface area contributed by atoms with Gasteiger partial charge in [0.05, 0.1) is 0 Å². The normalized spacial score (nSPS) is 11.9. The van der Waals surface area contributed by atoms with Crippen molar-refractivity contribution in [2.45, 2.75) is 103 Å². The van der Waals surface area contributed by atoms with Crippen molar-refractivity contribution in [3.63, 3.8) is 0 Å². The van der Waals surface area contributed by atoms with E-state index in [0.29, 0.717) is 0 Å². The molecule has 0 aliphatic carbocycles. The molecule has 0 bridgehead atoms. The molecule has 0 unspecified atom stereocenters. The summed E-state index contributed by atoms with van der Waals surface area (Å²) in [5.41, 5.74) is 5.26. The van der Waals surface area contributed by atoms with Crippen LogP contribution in [0.3, 0.4) is 0 Å². The number of hydrogen-bond donors (Lipinski definition) is 1. The number of nitrogens with two attached hydrogens (primary N) is 1. The summed E-state index contributed by atoms with van der Waals surface area (Å²) in [6, 6.07) is 0. The molecule has 0 saturated carbocycles. The lowest BCUT2D eigenvalue weighted by Gasteiger charge is -2.02. The van der Waals surface area contributed by atoms with Crippen molar-refractivity contribution in [1.29, 1.82) is 0 Å². The van der Waals surface area contributed by atoms with Crippen molar-refractivity contribution >= 4 is 0 Å². The number of unbranched alkanes of at least 4 members (excludes halogenated alkanes) is 14. The molecule has 0 aromatic carbocycles. The first-order chi connectivity index (χ1) is 10.4. The summed E-state index contributed by atoms with van der Waals surface area (Å²) >= 11 is 0. The first-order valence-corrected chi connectivity index (χ1v) is 9.45. The average molecular weight is 294 g/mol. The summed E-state index contributed by atoms with van der Waals surface area (Å²) in [5, 5.41) is 0. The van der Waals surface area contributed by atoms with Gasteiger partial charge in [-0.05, 0) is 25.1 Å². The van der Waals surface area contributed by atoms with E-state index < -0.39 is 0 Å². The van der Waals surface area contributed by atoms with E-state index in [1.165, 1.54) is 96.3 Å². The van der Waals surface area contributed by atoms with Crippen LogP contribution in [-0.2, 0) is 0 Å². The van der Waals surface area contributed by atoms with Gasteiger partial charge < -0.3 is 5.73 Å². The predicted molar refractivity (Wildman–Crippen MR) is 97.4 cm³/mol. The highest BCUT2D eigenvalue weighted by atomic mass is 14.5. The van der Waals surface area contributed by atoms with Crippen LogP contribution in [0.2, 0.25) is 0 Å². The molecule has 124 valence electrons. The van der Waals surface area contributed by atoms with Crippen LogP contribution < -0.4 is 5.73 Å². The first-order valence-electron chi connectivity index (χ1n) is 9.45. The molecule has 0 aromatic rings. The molecule has 0 aliphatic rings. The largest absolute Gasteiger partial charge is 0.405 e. The summed E-state index contributed by atoms with van der Waals surface area (Å²) in [4.78, 5) is 0. The molecular weight excluding hydrogens is 254 g/mol. The molecule has 0 radical (unpaired) electrons. The number of hydrogen-bond acceptors (Lipinski definition) is 1. The lowest BCUT2D eigenvalue weighted by Crippen LogP contribution is -1.83. The van der Waals surface area contributed by atoms with Crippen LogP contribution in [0.15, 0.2) is 24.4 Å². The summed E-state index contributed by atoms with van der Waals surface area (Å²) in [7, 11) is 0. The molecular formula is C20H39N. The zero-order valence-corrected chi connectivity index (χ0v) is 14.5. The Balaban J connectivity index is 2.99. The van der Waals surface area contributed by atoms with Gasteiger partial charge in [-0.2, -0.15) is 0 Å². The van der Waals surface area contributed by atoms with Gasteiger partial charge in [-0.25, -0.2) is 0 Å². The van der Waals surface area contributed by atoms with Crippen molar-refractivity contribution < 1.29 is 0 Å². The quantitative estimate of drug-likeness (QED) is 0.243. The fourth-order valence-electron chi connectivity index (χ4n) is 2.70. The molecule has 0 rings (SSSR count). The van der Waals surface area contributed by atoms with Gasteiger partial charge in [0, 0.05) is 0 Å². The van der Waals surface area contributed by atoms with Crippen molar-refractivity contribution in [3.8, 4) is 0 Å². The van der Waals surface area contributed by atoms with E-state index >= 15 is 0 Å². The maximum Gasteiger partial charge on any atom is -0.00625 e. The summed E-state index contributed by atoms with van der Waals surface area (Å²) in [6.45, 7) is 2.29. The molecule has 0 fully saturated rings. The van der Waals surface area contributed by atoms with E-state index in [0.717, 1.165) is 0 Å². The van der Waals surface area contributed by atoms with Crippen molar-refractivity contribution in [2.24, 2.45) is 5.73 Å². The van der Waals surface area contributed by atoms with Crippen molar-refractivity contribution in [3.05, 3.63) is 24.4 Å². The molecule has 0 aromatic heterocycles. The lowest BCUT2D eigenvalue weighted by atomic mass is 10.0. The van der Waals surface area contributed by atoms with E-state index in [1.54, 1.807) is 6.20 Å². The predicted octanol–water partition coefficient (Wildman–Crippen LogP) is 6.89. The Morgan fingerprint density at radius 2 is 1.00 bits per heavy atom. The maximum absolute atomic E-state index is 5.26. The molecule has 1 heteroatoms. The molecule has 1 nitrogen and oxygen atoms in total. The van der Waals surface area contributed by atoms with Gasteiger partial charge in [0.2, 0.25) is 0 Å². The second kappa shape index (κ2) is 19.3. The molecule has 0 heterocycles. The van der Waals surface area contributed by atoms with E-state index in [2.05, 4.69) is 13.0 Å². The van der Waals surface area contributed by atoms with E-state index in [4.69, 9.17) is 5.73 Å². The van der Waals surface area contributed by atoms with Crippen LogP contribution in [0, 0.1) is 0 Å². The van der Waals surface area contributed by atoms with Crippen LogP contribution in [0.25, 0.3) is 0 Å². The fraction of sp³-hybridized carbons (Fsp3) is 0.800. The van der Waals surface area contributed by atoms with Crippen molar-refractivity contribution in [2.75, 3.05) is 0 Å². The average Bonchev–Trinajstić information content (AvgIpc) is 2.50. The minimum absolute atomic E-state index is 1.20. The SMILES string of the molecule is CCCCCCCCCCCCCCCCC=CC=CN. The third-order valence-corrected chi connectivity index (χ3v) is 4.08. The lowest BCUT2D eigenvalue weighted by molar-refractivity contribution is 0.536. The van der Waals surface area contributed by atoms with Gasteiger partial charge in [0.1, 0.15) is 0 Å². The molecule has 0 atom stereocenters. The van der Waals surface area contributed by atoms with Gasteiger partial charge in [-0.3, -0.25) is 0 Å². The molecule has 0 spiro atoms. The summed E-state index contributed by atoms with van der Waals surface area (Å²) in [6.07, 6.45) is 28.9. The monoisotopic (exact) mass is 293 g/mol. The Kier molecular flexibility index (Phi) is 18.6. The molecule has 2 N–H and O–H groups in total. The second-order valence-electron chi connectivity index (χ2n) is 6.20. The highest BCUT2D eigenvalue weighted by molar-refractivity contribution is 5.00. The third kappa shape index (κ3) is 19.3. The van der Waals surface area contributed by atoms with Crippen LogP contribution in [-0.4, -0.2) is 0 Å². The zero-order valence-electron chi connectivity index (χ0n) is 14.5. The van der Waals surface area contributed by atoms with Gasteiger partial charge in [0.15, 0.2) is 0 Å². The van der Waals surface area contributed by atoms with Crippen LogP contribution in [0.4, 0.5) is 0 Å². The van der Waals surface area contributed by atoms with Gasteiger partial charge >= 0.3 is 0 Å². The molecule has 0 aliphatic heterocycles. The number of rotatable bonds is 16. The second-order valence-corrected chi connectivity index (χ2v) is 6.20. The van der Waals surface area contributed by atoms with E-state index in [1.807, 2.05) is 12.2 Å². The first kappa shape index (κ1) is 20.3. The van der Waals surface area contributed by atoms with Gasteiger partial charge in [-0.15, -0.1) is 0 Å². The molecule has 21 heavy (non-hydrogen) atoms. The zero-order chi connectivity index (χ0) is 15.4. The Hall–Kier alpha value is -0.720. The van der Waals surface area contributed by atoms with Gasteiger partial charge in [0.25, 0.3) is 0 Å². The molecule has 0 saturated heterocycles. The maximum atomic E-state index is 5.26. The van der Waals surface area contributed by atoms with Gasteiger partial charge in [-0.1, -0.05) is 103 Å². The topological polar surface area (TPSA) is 26.0 Å². The summed E-state index contributed by atoms with van der Waals surface area (Å²) in [5.74, 6) is 0. The van der Waals surface area contributed by atoms with E-state index in [-0.39, 0.29) is 0 Å². The Labute approximate surface area is 134 Å². The minimum atomic E-state index is 1.20. The smallest absolute Gasteiger partial charge is 0.00625 e. The minimum Gasteiger partial charge on any atom is -0.405 e. The van der Waals surface area contributed by atoms with Crippen LogP contribution in [0.1, 0.15) is 103 Å². The fourth-order valence-corrected chi connectivity index (χ4v) is 2.70. The van der Waals surface area contributed by atoms with Crippen molar-refractivity contribution in [1.82, 2.24) is 0 Å². The van der Waals surface area contributed by atoms with Crippen LogP contribution in [0.5, 0.6) is 0 Å². The third-order valence-electron chi connectivity index (χ3n) is 4.08. The molecule has 0 amide bonds. The number of allylic oxidation sites excluding steroid dienone is 3. The Bertz CT molecular complexity index is 230. The van der Waals surface area contributed by atoms with E-state index in [9.17, 15) is 0 Å². The Morgan fingerprint density at radius 3 is 1.43 bits per heavy atom. The highest BCUT2D eigenvalue weighted by Crippen LogP contribution is 2.13. The summed E-state index contributed by atoms with van der Waals surface area (Å²) < 4.78 is 0. The highest BCUT2D eigenvalue weighted by Gasteiger charge is 1.93. The standard InChI is InChI=1S/C20H39N/c1-2-3-4-5-6-7-8-9-10-11-12-13-14-15-16-17-18-19-20-21/h17-20H,2-16,21H2,1H3. The Morgan fingerprint density at radius 1 is 0.571 bits per heavy atom. The van der Waals surface area contributed by atoms with Crippen LogP contribution >= 0.6 is 0 Å².